The van der Waals surface area contributed by atoms with Crippen LogP contribution in [0.4, 0.5) is 0 Å². The van der Waals surface area contributed by atoms with Crippen LogP contribution in [0.5, 0.6) is 0 Å². The molecule has 0 fully saturated rings. The molecule has 2 heterocycles. The first-order valence-electron chi connectivity index (χ1n) is 5.46. The monoisotopic (exact) mass is 261 g/mol. The van der Waals surface area contributed by atoms with E-state index in [1.165, 1.54) is 12.3 Å². The van der Waals surface area contributed by atoms with Gasteiger partial charge in [0.15, 0.2) is 0 Å². The van der Waals surface area contributed by atoms with Crippen LogP contribution < -0.4 is 5.32 Å². The lowest BCUT2D eigenvalue weighted by Gasteiger charge is -2.07. The van der Waals surface area contributed by atoms with Crippen molar-refractivity contribution >= 4 is 17.5 Å². The molecule has 0 spiro atoms. The molecule has 0 aromatic carbocycles. The Balaban J connectivity index is 2.03. The fraction of sp³-hybridized carbons (Fsp3) is 0.154. The van der Waals surface area contributed by atoms with Crippen LogP contribution in [0, 0.1) is 6.92 Å². The first-order chi connectivity index (χ1) is 8.66. The fourth-order valence-electron chi connectivity index (χ4n) is 1.52. The number of carbonyl (C=O) groups excluding carboxylic acids is 1. The summed E-state index contributed by atoms with van der Waals surface area (Å²) in [5, 5.41) is 3.14. The van der Waals surface area contributed by atoms with Gasteiger partial charge in [0.05, 0.1) is 0 Å². The van der Waals surface area contributed by atoms with E-state index in [0.29, 0.717) is 17.3 Å². The molecular weight excluding hydrogens is 250 g/mol. The molecule has 92 valence electrons. The molecule has 0 atom stereocenters. The standard InChI is InChI=1S/C13H12ClN3O/c1-9-7-15-4-2-11(9)8-17-13(18)10-3-5-16-12(14)6-10/h2-7H,8H2,1H3,(H,17,18). The lowest BCUT2D eigenvalue weighted by atomic mass is 10.1. The van der Waals surface area contributed by atoms with Crippen LogP contribution in [0.1, 0.15) is 21.5 Å². The molecular formula is C13H12ClN3O. The highest BCUT2D eigenvalue weighted by atomic mass is 35.5. The summed E-state index contributed by atoms with van der Waals surface area (Å²) in [5.41, 5.74) is 2.59. The van der Waals surface area contributed by atoms with E-state index in [2.05, 4.69) is 15.3 Å². The van der Waals surface area contributed by atoms with Gasteiger partial charge in [-0.25, -0.2) is 4.98 Å². The van der Waals surface area contributed by atoms with Crippen molar-refractivity contribution in [2.75, 3.05) is 0 Å². The maximum atomic E-state index is 11.9. The van der Waals surface area contributed by atoms with E-state index in [9.17, 15) is 4.79 Å². The number of rotatable bonds is 3. The minimum absolute atomic E-state index is 0.171. The molecule has 2 aromatic rings. The molecule has 0 saturated heterocycles. The number of hydrogen-bond donors (Lipinski definition) is 1. The average molecular weight is 262 g/mol. The fourth-order valence-corrected chi connectivity index (χ4v) is 1.70. The van der Waals surface area contributed by atoms with Crippen molar-refractivity contribution in [1.29, 1.82) is 0 Å². The summed E-state index contributed by atoms with van der Waals surface area (Å²) in [7, 11) is 0. The Morgan fingerprint density at radius 2 is 2.22 bits per heavy atom. The zero-order valence-electron chi connectivity index (χ0n) is 9.85. The minimum atomic E-state index is -0.171. The Kier molecular flexibility index (Phi) is 3.89. The average Bonchev–Trinajstić information content (AvgIpc) is 2.37. The van der Waals surface area contributed by atoms with Crippen molar-refractivity contribution in [2.45, 2.75) is 13.5 Å². The molecule has 18 heavy (non-hydrogen) atoms. The van der Waals surface area contributed by atoms with E-state index < -0.39 is 0 Å². The van der Waals surface area contributed by atoms with E-state index in [1.54, 1.807) is 18.5 Å². The van der Waals surface area contributed by atoms with Crippen molar-refractivity contribution in [3.05, 3.63) is 58.6 Å². The molecule has 1 amide bonds. The van der Waals surface area contributed by atoms with Crippen molar-refractivity contribution in [1.82, 2.24) is 15.3 Å². The molecule has 5 heteroatoms. The van der Waals surface area contributed by atoms with Crippen molar-refractivity contribution in [2.24, 2.45) is 0 Å². The molecule has 0 radical (unpaired) electrons. The molecule has 0 aliphatic carbocycles. The zero-order chi connectivity index (χ0) is 13.0. The van der Waals surface area contributed by atoms with Crippen molar-refractivity contribution in [3.8, 4) is 0 Å². The van der Waals surface area contributed by atoms with Crippen LogP contribution in [-0.2, 0) is 6.54 Å². The molecule has 1 N–H and O–H groups in total. The second kappa shape index (κ2) is 5.60. The highest BCUT2D eigenvalue weighted by molar-refractivity contribution is 6.29. The normalized spacial score (nSPS) is 10.1. The summed E-state index contributed by atoms with van der Waals surface area (Å²) >= 11 is 5.73. The summed E-state index contributed by atoms with van der Waals surface area (Å²) < 4.78 is 0. The van der Waals surface area contributed by atoms with Crippen molar-refractivity contribution in [3.63, 3.8) is 0 Å². The topological polar surface area (TPSA) is 54.9 Å². The van der Waals surface area contributed by atoms with Gasteiger partial charge in [0.2, 0.25) is 0 Å². The Labute approximate surface area is 110 Å². The van der Waals surface area contributed by atoms with Crippen LogP contribution in [0.2, 0.25) is 5.15 Å². The number of nitrogens with one attached hydrogen (secondary N) is 1. The molecule has 0 aliphatic heterocycles. The second-order valence-electron chi connectivity index (χ2n) is 3.85. The molecule has 0 bridgehead atoms. The molecule has 2 aromatic heterocycles. The largest absolute Gasteiger partial charge is 0.348 e. The van der Waals surface area contributed by atoms with E-state index in [0.717, 1.165) is 11.1 Å². The van der Waals surface area contributed by atoms with Gasteiger partial charge in [0.1, 0.15) is 5.15 Å². The van der Waals surface area contributed by atoms with Crippen LogP contribution in [0.25, 0.3) is 0 Å². The summed E-state index contributed by atoms with van der Waals surface area (Å²) in [6.45, 7) is 2.42. The van der Waals surface area contributed by atoms with Gasteiger partial charge in [-0.1, -0.05) is 11.6 Å². The lowest BCUT2D eigenvalue weighted by molar-refractivity contribution is 0.0950. The summed E-state index contributed by atoms with van der Waals surface area (Å²) in [6, 6.07) is 5.05. The van der Waals surface area contributed by atoms with E-state index >= 15 is 0 Å². The van der Waals surface area contributed by atoms with E-state index in [4.69, 9.17) is 11.6 Å². The first kappa shape index (κ1) is 12.5. The maximum absolute atomic E-state index is 11.9. The molecule has 2 rings (SSSR count). The van der Waals surface area contributed by atoms with Crippen molar-refractivity contribution < 1.29 is 4.79 Å². The van der Waals surface area contributed by atoms with Gasteiger partial charge in [0, 0.05) is 30.7 Å². The number of pyridine rings is 2. The number of aromatic nitrogens is 2. The van der Waals surface area contributed by atoms with Gasteiger partial charge < -0.3 is 5.32 Å². The van der Waals surface area contributed by atoms with E-state index in [-0.39, 0.29) is 5.91 Å². The van der Waals surface area contributed by atoms with Gasteiger partial charge in [-0.05, 0) is 36.2 Å². The Morgan fingerprint density at radius 1 is 1.39 bits per heavy atom. The Morgan fingerprint density at radius 3 is 2.94 bits per heavy atom. The third kappa shape index (κ3) is 3.05. The second-order valence-corrected chi connectivity index (χ2v) is 4.24. The summed E-state index contributed by atoms with van der Waals surface area (Å²) in [4.78, 5) is 19.7. The van der Waals surface area contributed by atoms with Gasteiger partial charge in [-0.2, -0.15) is 0 Å². The third-order valence-corrected chi connectivity index (χ3v) is 2.77. The first-order valence-corrected chi connectivity index (χ1v) is 5.84. The molecule has 4 nitrogen and oxygen atoms in total. The predicted molar refractivity (Wildman–Crippen MR) is 69.4 cm³/mol. The van der Waals surface area contributed by atoms with Gasteiger partial charge >= 0.3 is 0 Å². The number of carbonyl (C=O) groups is 1. The zero-order valence-corrected chi connectivity index (χ0v) is 10.6. The highest BCUT2D eigenvalue weighted by Gasteiger charge is 2.06. The van der Waals surface area contributed by atoms with Gasteiger partial charge in [0.25, 0.3) is 5.91 Å². The van der Waals surface area contributed by atoms with Gasteiger partial charge in [-0.15, -0.1) is 0 Å². The quantitative estimate of drug-likeness (QED) is 0.863. The maximum Gasteiger partial charge on any atom is 0.251 e. The van der Waals surface area contributed by atoms with Gasteiger partial charge in [-0.3, -0.25) is 9.78 Å². The van der Waals surface area contributed by atoms with E-state index in [1.807, 2.05) is 13.0 Å². The molecule has 0 saturated carbocycles. The third-order valence-electron chi connectivity index (χ3n) is 2.56. The summed E-state index contributed by atoms with van der Waals surface area (Å²) in [5.74, 6) is -0.171. The Bertz CT molecular complexity index is 572. The number of hydrogen-bond acceptors (Lipinski definition) is 3. The van der Waals surface area contributed by atoms with Crippen LogP contribution in [0.3, 0.4) is 0 Å². The molecule has 0 unspecified atom stereocenters. The minimum Gasteiger partial charge on any atom is -0.348 e. The number of aryl methyl sites for hydroxylation is 1. The predicted octanol–water partition coefficient (Wildman–Crippen LogP) is 2.37. The van der Waals surface area contributed by atoms with Crippen LogP contribution in [-0.4, -0.2) is 15.9 Å². The van der Waals surface area contributed by atoms with Crippen LogP contribution in [0.15, 0.2) is 36.8 Å². The number of halogens is 1. The lowest BCUT2D eigenvalue weighted by Crippen LogP contribution is -2.23. The number of amides is 1. The highest BCUT2D eigenvalue weighted by Crippen LogP contribution is 2.08. The Hall–Kier alpha value is -1.94. The number of nitrogens with zero attached hydrogens (tertiary/aromatic N) is 2. The SMILES string of the molecule is Cc1cnccc1CNC(=O)c1ccnc(Cl)c1. The molecule has 0 aliphatic rings. The summed E-state index contributed by atoms with van der Waals surface area (Å²) in [6.07, 6.45) is 4.98. The van der Waals surface area contributed by atoms with Crippen LogP contribution >= 0.6 is 11.6 Å². The smallest absolute Gasteiger partial charge is 0.251 e.